The number of para-hydroxylation sites is 1. The van der Waals surface area contributed by atoms with Gasteiger partial charge >= 0.3 is 5.63 Å². The Balaban J connectivity index is 1.22. The van der Waals surface area contributed by atoms with Crippen LogP contribution >= 0.6 is 0 Å². The van der Waals surface area contributed by atoms with E-state index in [-0.39, 0.29) is 18.4 Å². The van der Waals surface area contributed by atoms with Gasteiger partial charge in [0.05, 0.1) is 30.7 Å². The highest BCUT2D eigenvalue weighted by Crippen LogP contribution is 2.52. The molecular formula is C32H27NO8. The molecule has 0 unspecified atom stereocenters. The molecule has 0 saturated heterocycles. The SMILES string of the molecule is COc1cc2c(cc1OC)[C@@H]1O[C@](CCCCN3C(=O)c4ccccc4C3=O)(C2)Oc2c1c(=O)oc1ccccc21. The summed E-state index contributed by atoms with van der Waals surface area (Å²) in [7, 11) is 3.14. The van der Waals surface area contributed by atoms with Gasteiger partial charge in [-0.05, 0) is 60.4 Å². The number of hydrogen-bond donors (Lipinski definition) is 0. The number of rotatable bonds is 7. The van der Waals surface area contributed by atoms with E-state index < -0.39 is 17.5 Å². The molecule has 0 saturated carbocycles. The summed E-state index contributed by atoms with van der Waals surface area (Å²) < 4.78 is 30.0. The summed E-state index contributed by atoms with van der Waals surface area (Å²) in [5.41, 5.74) is 2.80. The van der Waals surface area contributed by atoms with Gasteiger partial charge in [-0.15, -0.1) is 0 Å². The van der Waals surface area contributed by atoms with Gasteiger partial charge in [0, 0.05) is 19.4 Å². The van der Waals surface area contributed by atoms with Crippen molar-refractivity contribution in [1.82, 2.24) is 4.90 Å². The van der Waals surface area contributed by atoms with Crippen LogP contribution < -0.4 is 19.8 Å². The molecule has 0 fully saturated rings. The molecular weight excluding hydrogens is 526 g/mol. The highest BCUT2D eigenvalue weighted by molar-refractivity contribution is 6.21. The Hall–Kier alpha value is -4.63. The van der Waals surface area contributed by atoms with Gasteiger partial charge in [-0.2, -0.15) is 0 Å². The predicted octanol–water partition coefficient (Wildman–Crippen LogP) is 5.03. The maximum absolute atomic E-state index is 13.3. The monoisotopic (exact) mass is 553 g/mol. The van der Waals surface area contributed by atoms with Gasteiger partial charge in [0.1, 0.15) is 23.0 Å². The van der Waals surface area contributed by atoms with Crippen molar-refractivity contribution in [3.63, 3.8) is 0 Å². The minimum atomic E-state index is -1.08. The largest absolute Gasteiger partial charge is 0.493 e. The van der Waals surface area contributed by atoms with Crippen LogP contribution in [0, 0.1) is 0 Å². The van der Waals surface area contributed by atoms with Crippen LogP contribution in [0.3, 0.4) is 0 Å². The molecule has 4 heterocycles. The van der Waals surface area contributed by atoms with Crippen molar-refractivity contribution in [2.24, 2.45) is 0 Å². The van der Waals surface area contributed by atoms with E-state index in [1.165, 1.54) is 4.90 Å². The van der Waals surface area contributed by atoms with Crippen LogP contribution in [0.2, 0.25) is 0 Å². The molecule has 3 aliphatic heterocycles. The van der Waals surface area contributed by atoms with Crippen LogP contribution in [0.4, 0.5) is 0 Å². The summed E-state index contributed by atoms with van der Waals surface area (Å²) in [6.45, 7) is 0.288. The van der Waals surface area contributed by atoms with Crippen LogP contribution in [0.15, 0.2) is 69.9 Å². The van der Waals surface area contributed by atoms with E-state index in [9.17, 15) is 14.4 Å². The number of carbonyl (C=O) groups is 2. The van der Waals surface area contributed by atoms with Gasteiger partial charge in [0.25, 0.3) is 11.8 Å². The number of methoxy groups -OCH3 is 2. The number of ether oxygens (including phenoxy) is 4. The first-order valence-corrected chi connectivity index (χ1v) is 13.6. The molecule has 208 valence electrons. The van der Waals surface area contributed by atoms with E-state index >= 15 is 0 Å². The summed E-state index contributed by atoms with van der Waals surface area (Å²) in [4.78, 5) is 40.2. The highest BCUT2D eigenvalue weighted by atomic mass is 16.7. The molecule has 2 amide bonds. The maximum atomic E-state index is 13.3. The van der Waals surface area contributed by atoms with Gasteiger partial charge < -0.3 is 23.4 Å². The molecule has 3 aliphatic rings. The lowest BCUT2D eigenvalue weighted by Crippen LogP contribution is -2.50. The van der Waals surface area contributed by atoms with Gasteiger partial charge in [-0.3, -0.25) is 14.5 Å². The highest BCUT2D eigenvalue weighted by Gasteiger charge is 2.49. The summed E-state index contributed by atoms with van der Waals surface area (Å²) in [5, 5.41) is 0.690. The number of unbranched alkanes of at least 4 members (excludes halogenated alkanes) is 1. The van der Waals surface area contributed by atoms with Crippen LogP contribution in [-0.4, -0.2) is 43.3 Å². The number of benzene rings is 3. The van der Waals surface area contributed by atoms with Gasteiger partial charge in [0.15, 0.2) is 11.5 Å². The second-order valence-electron chi connectivity index (χ2n) is 10.5. The first kappa shape index (κ1) is 25.3. The molecule has 2 bridgehead atoms. The maximum Gasteiger partial charge on any atom is 0.346 e. The van der Waals surface area contributed by atoms with Crippen LogP contribution in [-0.2, 0) is 11.2 Å². The lowest BCUT2D eigenvalue weighted by molar-refractivity contribution is -0.232. The third-order valence-corrected chi connectivity index (χ3v) is 8.14. The summed E-state index contributed by atoms with van der Waals surface area (Å²) in [6, 6.07) is 17.9. The zero-order chi connectivity index (χ0) is 28.3. The van der Waals surface area contributed by atoms with Crippen molar-refractivity contribution in [3.8, 4) is 17.2 Å². The summed E-state index contributed by atoms with van der Waals surface area (Å²) >= 11 is 0. The molecule has 9 nitrogen and oxygen atoms in total. The molecule has 0 N–H and O–H groups in total. The number of imide groups is 1. The molecule has 1 aromatic heterocycles. The Labute approximate surface area is 235 Å². The molecule has 0 aliphatic carbocycles. The Kier molecular flexibility index (Phi) is 5.86. The first-order valence-electron chi connectivity index (χ1n) is 13.6. The molecule has 2 atom stereocenters. The van der Waals surface area contributed by atoms with Crippen molar-refractivity contribution >= 4 is 22.8 Å². The molecule has 4 aromatic rings. The lowest BCUT2D eigenvalue weighted by Gasteiger charge is -2.46. The van der Waals surface area contributed by atoms with E-state index in [0.29, 0.717) is 70.6 Å². The quantitative estimate of drug-likeness (QED) is 0.178. The number of carbonyl (C=O) groups excluding carboxylic acids is 2. The van der Waals surface area contributed by atoms with Crippen molar-refractivity contribution in [2.45, 2.75) is 37.6 Å². The van der Waals surface area contributed by atoms with E-state index in [2.05, 4.69) is 0 Å². The van der Waals surface area contributed by atoms with Crippen molar-refractivity contribution < 1.29 is 33.0 Å². The number of fused-ring (bicyclic) bond motifs is 9. The van der Waals surface area contributed by atoms with Crippen LogP contribution in [0.1, 0.15) is 62.8 Å². The fraction of sp³-hybridized carbons (Fsp3) is 0.281. The Morgan fingerprint density at radius 1 is 0.902 bits per heavy atom. The average Bonchev–Trinajstić information content (AvgIpc) is 3.23. The fourth-order valence-electron chi connectivity index (χ4n) is 6.18. The third kappa shape index (κ3) is 3.91. The minimum Gasteiger partial charge on any atom is -0.493 e. The van der Waals surface area contributed by atoms with E-state index in [1.54, 1.807) is 50.6 Å². The van der Waals surface area contributed by atoms with Gasteiger partial charge in [0.2, 0.25) is 5.79 Å². The minimum absolute atomic E-state index is 0.270. The average molecular weight is 554 g/mol. The fourth-order valence-corrected chi connectivity index (χ4v) is 6.18. The molecule has 0 radical (unpaired) electrons. The lowest BCUT2D eigenvalue weighted by atomic mass is 9.85. The van der Waals surface area contributed by atoms with Crippen molar-refractivity contribution in [3.05, 3.63) is 98.9 Å². The second-order valence-corrected chi connectivity index (χ2v) is 10.5. The topological polar surface area (TPSA) is 105 Å². The smallest absolute Gasteiger partial charge is 0.346 e. The Morgan fingerprint density at radius 3 is 2.32 bits per heavy atom. The molecule has 3 aromatic carbocycles. The van der Waals surface area contributed by atoms with Crippen LogP contribution in [0.5, 0.6) is 17.2 Å². The van der Waals surface area contributed by atoms with Gasteiger partial charge in [-0.25, -0.2) is 4.79 Å². The van der Waals surface area contributed by atoms with E-state index in [0.717, 1.165) is 11.1 Å². The molecule has 9 heteroatoms. The number of hydrogen-bond acceptors (Lipinski definition) is 8. The van der Waals surface area contributed by atoms with E-state index in [4.69, 9.17) is 23.4 Å². The third-order valence-electron chi connectivity index (χ3n) is 8.14. The van der Waals surface area contributed by atoms with Crippen LogP contribution in [0.25, 0.3) is 11.0 Å². The van der Waals surface area contributed by atoms with Crippen molar-refractivity contribution in [2.75, 3.05) is 20.8 Å². The summed E-state index contributed by atoms with van der Waals surface area (Å²) in [6.07, 6.45) is 1.31. The number of nitrogens with zero attached hydrogens (tertiary/aromatic N) is 1. The molecule has 41 heavy (non-hydrogen) atoms. The molecule has 7 rings (SSSR count). The second kappa shape index (κ2) is 9.49. The van der Waals surface area contributed by atoms with E-state index in [1.807, 2.05) is 24.3 Å². The van der Waals surface area contributed by atoms with Gasteiger partial charge in [-0.1, -0.05) is 24.3 Å². The predicted molar refractivity (Wildman–Crippen MR) is 148 cm³/mol. The molecule has 0 spiro atoms. The Bertz CT molecular complexity index is 1760. The number of amides is 2. The zero-order valence-electron chi connectivity index (χ0n) is 22.6. The zero-order valence-corrected chi connectivity index (χ0v) is 22.6. The Morgan fingerprint density at radius 2 is 1.59 bits per heavy atom. The normalized spacial score (nSPS) is 20.3. The first-order chi connectivity index (χ1) is 19.9. The standard InChI is InChI=1S/C32H27NO8/c1-37-24-15-18-17-32(13-7-8-14-33-29(34)19-9-3-4-10-20(19)30(33)35)40-27-21-11-5-6-12-23(21)39-31(36)26(27)28(41-32)22(18)16-25(24)38-2/h3-6,9-12,15-16,28H,7-8,13-14,17H2,1-2H3/t28-,32+/m0/s1. The summed E-state index contributed by atoms with van der Waals surface area (Å²) in [5.74, 6) is -0.0707. The van der Waals surface area contributed by atoms with Crippen molar-refractivity contribution in [1.29, 1.82) is 0 Å².